The van der Waals surface area contributed by atoms with E-state index in [1.54, 1.807) is 30.5 Å². The molecule has 2 aliphatic rings. The topological polar surface area (TPSA) is 108 Å². The van der Waals surface area contributed by atoms with E-state index in [0.29, 0.717) is 23.1 Å². The highest BCUT2D eigenvalue weighted by atomic mass is 16.3. The highest BCUT2D eigenvalue weighted by Gasteiger charge is 2.39. The van der Waals surface area contributed by atoms with Crippen molar-refractivity contribution in [1.82, 2.24) is 9.88 Å². The molecule has 1 saturated carbocycles. The van der Waals surface area contributed by atoms with E-state index in [2.05, 4.69) is 11.6 Å². The van der Waals surface area contributed by atoms with Gasteiger partial charge in [-0.25, -0.2) is 0 Å². The van der Waals surface area contributed by atoms with Crippen molar-refractivity contribution in [2.45, 2.75) is 25.3 Å². The third-order valence-electron chi connectivity index (χ3n) is 5.21. The molecule has 2 aromatic rings. The van der Waals surface area contributed by atoms with Gasteiger partial charge < -0.3 is 26.5 Å². The second kappa shape index (κ2) is 8.03. The number of phenols is 1. The molecule has 6 nitrogen and oxygen atoms in total. The smallest absolute Gasteiger partial charge is 0.246 e. The number of aromatic nitrogens is 1. The second-order valence-electron chi connectivity index (χ2n) is 6.99. The number of carbonyl (C=O) groups excluding carboxylic acids is 1. The number of likely N-dealkylation sites (tertiary alicyclic amines) is 1. The quantitative estimate of drug-likeness (QED) is 0.626. The number of para-hydroxylation sites is 1. The number of nitrogen functional groups attached to an aromatic ring is 1. The van der Waals surface area contributed by atoms with Crippen LogP contribution in [0, 0.1) is 5.92 Å². The Labute approximate surface area is 159 Å². The molecule has 1 amide bonds. The molecule has 1 unspecified atom stereocenters. The summed E-state index contributed by atoms with van der Waals surface area (Å²) in [5, 5.41) is 9.62. The molecule has 4 rings (SSSR count). The van der Waals surface area contributed by atoms with Crippen LogP contribution in [0.3, 0.4) is 0 Å². The highest BCUT2D eigenvalue weighted by molar-refractivity contribution is 5.87. The van der Waals surface area contributed by atoms with Crippen molar-refractivity contribution >= 4 is 23.5 Å². The third-order valence-corrected chi connectivity index (χ3v) is 5.21. The maximum absolute atomic E-state index is 11.2. The van der Waals surface area contributed by atoms with Crippen LogP contribution in [-0.2, 0) is 4.79 Å². The van der Waals surface area contributed by atoms with Gasteiger partial charge in [-0.2, -0.15) is 0 Å². The van der Waals surface area contributed by atoms with Crippen LogP contribution in [0.1, 0.15) is 30.4 Å². The highest BCUT2D eigenvalue weighted by Crippen LogP contribution is 2.37. The van der Waals surface area contributed by atoms with Crippen molar-refractivity contribution in [2.75, 3.05) is 12.3 Å². The summed E-state index contributed by atoms with van der Waals surface area (Å²) in [6.07, 6.45) is 8.66. The van der Waals surface area contributed by atoms with E-state index >= 15 is 0 Å². The minimum atomic E-state index is 0.122. The van der Waals surface area contributed by atoms with Crippen molar-refractivity contribution in [1.29, 1.82) is 0 Å². The van der Waals surface area contributed by atoms with E-state index in [9.17, 15) is 9.90 Å². The minimum absolute atomic E-state index is 0.122. The number of nitrogens with two attached hydrogens (primary N) is 2. The molecule has 6 N–H and O–H groups in total. The van der Waals surface area contributed by atoms with Crippen molar-refractivity contribution in [2.24, 2.45) is 11.7 Å². The largest absolute Gasteiger partial charge is 0.507 e. The number of nitrogens with one attached hydrogen (secondary N) is 1. The second-order valence-corrected chi connectivity index (χ2v) is 6.99. The first-order chi connectivity index (χ1) is 13.0. The molecule has 1 aliphatic heterocycles. The summed E-state index contributed by atoms with van der Waals surface area (Å²) in [6, 6.07) is 9.28. The standard InChI is InChI=1S/C12H13N3O.C9H13NO/c13-10(7-8-5-6-15-12(8)14)9-3-1-2-4-11(9)16;1-2-9(11)10-6-7-3-4-8(10)5-7/h1-7,15-16H,13-14H2;2,7-8H,1,3-6H2/b10-7-;/t;7-,8?/m.0/s1. The molecule has 142 valence electrons. The SMILES string of the molecule is C=CC(=O)N1C[C@H]2CCC1C2.N/C(=C\c1cc[nH]c1N)c1ccccc1O. The normalized spacial score (nSPS) is 20.9. The van der Waals surface area contributed by atoms with Crippen molar-refractivity contribution in [3.8, 4) is 5.75 Å². The molecular formula is C21H26N4O2. The fourth-order valence-electron chi connectivity index (χ4n) is 3.80. The number of aromatic hydroxyl groups is 1. The van der Waals surface area contributed by atoms with E-state index < -0.39 is 0 Å². The number of nitrogens with zero attached hydrogens (tertiary/aromatic N) is 1. The Hall–Kier alpha value is -3.15. The Kier molecular flexibility index (Phi) is 5.54. The molecule has 1 aliphatic carbocycles. The molecule has 2 bridgehead atoms. The van der Waals surface area contributed by atoms with Gasteiger partial charge in [0, 0.05) is 35.6 Å². The molecule has 2 heterocycles. The fraction of sp³-hybridized carbons (Fsp3) is 0.286. The van der Waals surface area contributed by atoms with Gasteiger partial charge >= 0.3 is 0 Å². The van der Waals surface area contributed by atoms with E-state index in [0.717, 1.165) is 18.0 Å². The first-order valence-corrected chi connectivity index (χ1v) is 9.11. The Morgan fingerprint density at radius 1 is 1.30 bits per heavy atom. The van der Waals surface area contributed by atoms with Gasteiger partial charge in [-0.1, -0.05) is 18.7 Å². The lowest BCUT2D eigenvalue weighted by Gasteiger charge is -2.25. The van der Waals surface area contributed by atoms with Crippen LogP contribution in [-0.4, -0.2) is 33.5 Å². The van der Waals surface area contributed by atoms with Gasteiger partial charge in [0.15, 0.2) is 0 Å². The average Bonchev–Trinajstić information content (AvgIpc) is 3.40. The molecule has 2 fully saturated rings. The maximum Gasteiger partial charge on any atom is 0.246 e. The van der Waals surface area contributed by atoms with E-state index in [4.69, 9.17) is 11.5 Å². The maximum atomic E-state index is 11.2. The number of aromatic amines is 1. The molecule has 0 spiro atoms. The zero-order chi connectivity index (χ0) is 19.4. The number of anilines is 1. The van der Waals surface area contributed by atoms with Crippen LogP contribution in [0.5, 0.6) is 5.75 Å². The monoisotopic (exact) mass is 366 g/mol. The lowest BCUT2D eigenvalue weighted by molar-refractivity contribution is -0.127. The number of piperidine rings is 1. The third kappa shape index (κ3) is 4.16. The van der Waals surface area contributed by atoms with Crippen molar-refractivity contribution in [3.63, 3.8) is 0 Å². The lowest BCUT2D eigenvalue weighted by atomic mass is 10.1. The number of H-pyrrole nitrogens is 1. The predicted molar refractivity (Wildman–Crippen MR) is 108 cm³/mol. The molecule has 6 heteroatoms. The van der Waals surface area contributed by atoms with Crippen LogP contribution in [0.4, 0.5) is 5.82 Å². The van der Waals surface area contributed by atoms with E-state index in [1.807, 2.05) is 17.0 Å². The Morgan fingerprint density at radius 3 is 2.63 bits per heavy atom. The number of carbonyl (C=O) groups is 1. The molecule has 27 heavy (non-hydrogen) atoms. The van der Waals surface area contributed by atoms with Crippen LogP contribution in [0.2, 0.25) is 0 Å². The summed E-state index contributed by atoms with van der Waals surface area (Å²) in [5.41, 5.74) is 13.5. The van der Waals surface area contributed by atoms with Crippen molar-refractivity contribution in [3.05, 3.63) is 60.3 Å². The zero-order valence-corrected chi connectivity index (χ0v) is 15.3. The van der Waals surface area contributed by atoms with Crippen LogP contribution >= 0.6 is 0 Å². The molecule has 1 aromatic heterocycles. The van der Waals surface area contributed by atoms with Gasteiger partial charge in [-0.3, -0.25) is 4.79 Å². The van der Waals surface area contributed by atoms with Gasteiger partial charge in [0.1, 0.15) is 11.6 Å². The minimum Gasteiger partial charge on any atom is -0.507 e. The van der Waals surface area contributed by atoms with E-state index in [-0.39, 0.29) is 11.7 Å². The summed E-state index contributed by atoms with van der Waals surface area (Å²) < 4.78 is 0. The number of phenolic OH excluding ortho intramolecular Hbond substituents is 1. The van der Waals surface area contributed by atoms with Crippen LogP contribution < -0.4 is 11.5 Å². The van der Waals surface area contributed by atoms with Gasteiger partial charge in [0.2, 0.25) is 5.91 Å². The summed E-state index contributed by atoms with van der Waals surface area (Å²) in [6.45, 7) is 4.48. The number of rotatable bonds is 3. The summed E-state index contributed by atoms with van der Waals surface area (Å²) >= 11 is 0. The number of fused-ring (bicyclic) bond motifs is 2. The summed E-state index contributed by atoms with van der Waals surface area (Å²) in [5.74, 6) is 1.63. The Bertz CT molecular complexity index is 855. The van der Waals surface area contributed by atoms with Gasteiger partial charge in [-0.05, 0) is 55.5 Å². The molecule has 1 saturated heterocycles. The summed E-state index contributed by atoms with van der Waals surface area (Å²) in [7, 11) is 0. The molecule has 2 atom stereocenters. The molecule has 1 aromatic carbocycles. The van der Waals surface area contributed by atoms with Gasteiger partial charge in [0.25, 0.3) is 0 Å². The predicted octanol–water partition coefficient (Wildman–Crippen LogP) is 2.94. The molecular weight excluding hydrogens is 340 g/mol. The Balaban J connectivity index is 0.000000166. The van der Waals surface area contributed by atoms with Crippen LogP contribution in [0.15, 0.2) is 49.2 Å². The fourth-order valence-corrected chi connectivity index (χ4v) is 3.80. The number of hydrogen-bond donors (Lipinski definition) is 4. The first-order valence-electron chi connectivity index (χ1n) is 9.11. The zero-order valence-electron chi connectivity index (χ0n) is 15.3. The van der Waals surface area contributed by atoms with Crippen LogP contribution in [0.25, 0.3) is 11.8 Å². The first kappa shape index (κ1) is 18.6. The average molecular weight is 366 g/mol. The van der Waals surface area contributed by atoms with Gasteiger partial charge in [-0.15, -0.1) is 0 Å². The van der Waals surface area contributed by atoms with Gasteiger partial charge in [0.05, 0.1) is 0 Å². The molecule has 0 radical (unpaired) electrons. The Morgan fingerprint density at radius 2 is 2.07 bits per heavy atom. The number of hydrogen-bond acceptors (Lipinski definition) is 4. The number of benzene rings is 1. The number of amides is 1. The van der Waals surface area contributed by atoms with Crippen molar-refractivity contribution < 1.29 is 9.90 Å². The van der Waals surface area contributed by atoms with E-state index in [1.165, 1.54) is 25.3 Å². The lowest BCUT2D eigenvalue weighted by Crippen LogP contribution is -2.36. The summed E-state index contributed by atoms with van der Waals surface area (Å²) in [4.78, 5) is 16.0.